The van der Waals surface area contributed by atoms with Crippen molar-refractivity contribution < 1.29 is 9.18 Å². The van der Waals surface area contributed by atoms with Crippen molar-refractivity contribution in [2.75, 3.05) is 43.9 Å². The molecule has 1 aromatic carbocycles. The molecule has 1 atom stereocenters. The van der Waals surface area contributed by atoms with Gasteiger partial charge < -0.3 is 20.4 Å². The third-order valence-corrected chi connectivity index (χ3v) is 6.42. The van der Waals surface area contributed by atoms with Gasteiger partial charge in [0.25, 0.3) is 0 Å². The third kappa shape index (κ3) is 6.50. The van der Waals surface area contributed by atoms with Crippen LogP contribution in [0.25, 0.3) is 11.3 Å². The molecule has 3 aromatic rings. The minimum absolute atomic E-state index is 0.0818. The number of amides is 1. The van der Waals surface area contributed by atoms with Crippen molar-refractivity contribution in [3.05, 3.63) is 59.1 Å². The number of likely N-dealkylation sites (N-methyl/N-ethyl adjacent to an activating group) is 1. The Morgan fingerprint density at radius 3 is 2.83 bits per heavy atom. The van der Waals surface area contributed by atoms with Gasteiger partial charge in [-0.05, 0) is 51.2 Å². The smallest absolute Gasteiger partial charge is 0.226 e. The van der Waals surface area contributed by atoms with E-state index in [1.807, 2.05) is 0 Å². The van der Waals surface area contributed by atoms with Crippen LogP contribution in [0, 0.1) is 12.7 Å². The highest BCUT2D eigenvalue weighted by molar-refractivity contribution is 6.30. The molecule has 0 spiro atoms. The second-order valence-corrected chi connectivity index (χ2v) is 9.27. The number of nitrogens with one attached hydrogen (secondary N) is 2. The van der Waals surface area contributed by atoms with E-state index in [4.69, 9.17) is 11.6 Å². The van der Waals surface area contributed by atoms with Gasteiger partial charge in [0.2, 0.25) is 5.91 Å². The quantitative estimate of drug-likeness (QED) is 0.502. The Hall–Kier alpha value is -3.14. The van der Waals surface area contributed by atoms with Crippen LogP contribution in [-0.4, -0.2) is 70.2 Å². The second-order valence-electron chi connectivity index (χ2n) is 8.84. The third-order valence-electron chi connectivity index (χ3n) is 6.19. The van der Waals surface area contributed by atoms with Gasteiger partial charge in [-0.15, -0.1) is 0 Å². The van der Waals surface area contributed by atoms with Gasteiger partial charge in [0.05, 0.1) is 17.1 Å². The lowest BCUT2D eigenvalue weighted by Gasteiger charge is -2.37. The van der Waals surface area contributed by atoms with Crippen LogP contribution in [0.1, 0.15) is 19.0 Å². The van der Waals surface area contributed by atoms with E-state index in [1.54, 1.807) is 31.3 Å². The molecular formula is C25H29ClFN7O. The summed E-state index contributed by atoms with van der Waals surface area (Å²) in [6, 6.07) is 10.0. The largest absolute Gasteiger partial charge is 0.354 e. The van der Waals surface area contributed by atoms with Crippen LogP contribution >= 0.6 is 11.6 Å². The van der Waals surface area contributed by atoms with E-state index in [9.17, 15) is 9.18 Å². The fraction of sp³-hybridized carbons (Fsp3) is 0.360. The molecule has 10 heteroatoms. The first-order chi connectivity index (χ1) is 16.8. The zero-order valence-corrected chi connectivity index (χ0v) is 20.8. The van der Waals surface area contributed by atoms with E-state index < -0.39 is 5.82 Å². The van der Waals surface area contributed by atoms with Crippen molar-refractivity contribution in [3.63, 3.8) is 0 Å². The molecule has 1 fully saturated rings. The summed E-state index contributed by atoms with van der Waals surface area (Å²) in [5, 5.41) is 14.8. The minimum atomic E-state index is -0.432. The van der Waals surface area contributed by atoms with Crippen LogP contribution in [0.3, 0.4) is 0 Å². The van der Waals surface area contributed by atoms with E-state index in [1.165, 1.54) is 18.2 Å². The molecule has 184 valence electrons. The summed E-state index contributed by atoms with van der Waals surface area (Å²) in [6.07, 6.45) is 2.01. The van der Waals surface area contributed by atoms with E-state index in [0.717, 1.165) is 19.6 Å². The van der Waals surface area contributed by atoms with Gasteiger partial charge in [0.1, 0.15) is 11.6 Å². The highest BCUT2D eigenvalue weighted by atomic mass is 35.5. The normalized spacial score (nSPS) is 16.8. The predicted octanol–water partition coefficient (Wildman–Crippen LogP) is 4.35. The first-order valence-electron chi connectivity index (χ1n) is 11.5. The summed E-state index contributed by atoms with van der Waals surface area (Å²) in [5.74, 6) is -0.0623. The summed E-state index contributed by atoms with van der Waals surface area (Å²) in [6.45, 7) is 7.65. The van der Waals surface area contributed by atoms with E-state index >= 15 is 0 Å². The zero-order chi connectivity index (χ0) is 24.9. The first kappa shape index (κ1) is 25.0. The number of pyridine rings is 1. The van der Waals surface area contributed by atoms with Crippen LogP contribution in [0.4, 0.5) is 21.6 Å². The molecule has 0 saturated carbocycles. The van der Waals surface area contributed by atoms with Crippen LogP contribution in [-0.2, 0) is 4.79 Å². The molecule has 1 unspecified atom stereocenters. The number of nitrogens with zero attached hydrogens (tertiary/aromatic N) is 5. The lowest BCUT2D eigenvalue weighted by molar-refractivity contribution is -0.116. The summed E-state index contributed by atoms with van der Waals surface area (Å²) >= 11 is 6.03. The molecule has 1 amide bonds. The molecule has 1 saturated heterocycles. The number of halogens is 2. The number of aromatic nitrogens is 3. The topological polar surface area (TPSA) is 86.3 Å². The van der Waals surface area contributed by atoms with Crippen molar-refractivity contribution in [1.82, 2.24) is 25.0 Å². The molecule has 1 aliphatic heterocycles. The molecule has 35 heavy (non-hydrogen) atoms. The van der Waals surface area contributed by atoms with Crippen LogP contribution < -0.4 is 10.6 Å². The SMILES string of the molecule is Cc1nnc(-c2cc(Cl)ccc2F)cc1Nc1ccnc(NC(=O)CCN2CCN(C)C(C)C2)c1. The lowest BCUT2D eigenvalue weighted by Crippen LogP contribution is -2.50. The summed E-state index contributed by atoms with van der Waals surface area (Å²) in [4.78, 5) is 21.4. The first-order valence-corrected chi connectivity index (χ1v) is 11.9. The van der Waals surface area contributed by atoms with E-state index in [0.29, 0.717) is 52.6 Å². The molecule has 2 N–H and O–H groups in total. The highest BCUT2D eigenvalue weighted by Crippen LogP contribution is 2.28. The van der Waals surface area contributed by atoms with Crippen molar-refractivity contribution >= 4 is 34.7 Å². The van der Waals surface area contributed by atoms with Gasteiger partial charge >= 0.3 is 0 Å². The average Bonchev–Trinajstić information content (AvgIpc) is 2.83. The minimum Gasteiger partial charge on any atom is -0.354 e. The maximum atomic E-state index is 14.3. The molecule has 8 nitrogen and oxygen atoms in total. The summed E-state index contributed by atoms with van der Waals surface area (Å²) in [7, 11) is 2.13. The molecule has 2 aromatic heterocycles. The number of carbonyl (C=O) groups excluding carboxylic acids is 1. The molecule has 3 heterocycles. The predicted molar refractivity (Wildman–Crippen MR) is 136 cm³/mol. The summed E-state index contributed by atoms with van der Waals surface area (Å²) in [5.41, 5.74) is 2.63. The Kier molecular flexibility index (Phi) is 7.90. The van der Waals surface area contributed by atoms with Crippen molar-refractivity contribution in [2.24, 2.45) is 0 Å². The fourth-order valence-corrected chi connectivity index (χ4v) is 4.10. The number of aryl methyl sites for hydroxylation is 1. The molecular weight excluding hydrogens is 469 g/mol. The molecule has 4 rings (SSSR count). The fourth-order valence-electron chi connectivity index (χ4n) is 3.93. The number of piperazine rings is 1. The van der Waals surface area contributed by atoms with Gasteiger partial charge in [-0.2, -0.15) is 10.2 Å². The van der Waals surface area contributed by atoms with Gasteiger partial charge in [-0.25, -0.2) is 9.37 Å². The van der Waals surface area contributed by atoms with Crippen molar-refractivity contribution in [1.29, 1.82) is 0 Å². The Morgan fingerprint density at radius 1 is 1.20 bits per heavy atom. The van der Waals surface area contributed by atoms with Gasteiger partial charge in [-0.3, -0.25) is 4.79 Å². The van der Waals surface area contributed by atoms with E-state index in [2.05, 4.69) is 49.6 Å². The molecule has 0 bridgehead atoms. The molecule has 0 aliphatic carbocycles. The maximum Gasteiger partial charge on any atom is 0.226 e. The van der Waals surface area contributed by atoms with Crippen LogP contribution in [0.2, 0.25) is 5.02 Å². The standard InChI is InChI=1S/C25H29ClFN7O/c1-16-15-34(11-10-33(16)3)9-7-25(35)30-24-13-19(6-8-28-24)29-22-14-23(32-31-17(22)2)20-12-18(26)4-5-21(20)27/h4-6,8,12-14,16H,7,9-11,15H2,1-3H3,(H2,28,29,30,32,35). The highest BCUT2D eigenvalue weighted by Gasteiger charge is 2.21. The zero-order valence-electron chi connectivity index (χ0n) is 20.1. The monoisotopic (exact) mass is 497 g/mol. The van der Waals surface area contributed by atoms with E-state index in [-0.39, 0.29) is 11.5 Å². The summed E-state index contributed by atoms with van der Waals surface area (Å²) < 4.78 is 14.3. The number of benzene rings is 1. The van der Waals surface area contributed by atoms with Gasteiger partial charge in [-0.1, -0.05) is 11.6 Å². The van der Waals surface area contributed by atoms with Crippen molar-refractivity contribution in [3.8, 4) is 11.3 Å². The van der Waals surface area contributed by atoms with Gasteiger partial charge in [0, 0.05) is 67.2 Å². The Balaban J connectivity index is 1.40. The molecule has 0 radical (unpaired) electrons. The molecule has 1 aliphatic rings. The van der Waals surface area contributed by atoms with Crippen molar-refractivity contribution in [2.45, 2.75) is 26.3 Å². The van der Waals surface area contributed by atoms with Crippen LogP contribution in [0.15, 0.2) is 42.6 Å². The Morgan fingerprint density at radius 2 is 2.03 bits per heavy atom. The van der Waals surface area contributed by atoms with Gasteiger partial charge in [0.15, 0.2) is 0 Å². The number of anilines is 3. The maximum absolute atomic E-state index is 14.3. The lowest BCUT2D eigenvalue weighted by atomic mass is 10.1. The Bertz CT molecular complexity index is 1210. The Labute approximate surface area is 209 Å². The number of carbonyl (C=O) groups is 1. The average molecular weight is 498 g/mol. The van der Waals surface area contributed by atoms with Crippen LogP contribution in [0.5, 0.6) is 0 Å². The second kappa shape index (κ2) is 11.1. The number of rotatable bonds is 7. The number of hydrogen-bond acceptors (Lipinski definition) is 7. The number of hydrogen-bond donors (Lipinski definition) is 2.